The van der Waals surface area contributed by atoms with Crippen LogP contribution < -0.4 is 10.1 Å². The standard InChI is InChI=1S/C16H12F3N3O6/c1-9(28-12-5-2-10(3-6-12)21(24)25)15(23)20-14-7-4-11(22(26)27)8-13(14)16(17,18)19/h2-9H,1H3,(H,20,23)/t9-/m1/s1. The van der Waals surface area contributed by atoms with Crippen LogP contribution in [0.4, 0.5) is 30.2 Å². The Morgan fingerprint density at radius 2 is 1.57 bits per heavy atom. The molecule has 0 radical (unpaired) electrons. The number of nitro groups is 2. The number of rotatable bonds is 6. The predicted molar refractivity (Wildman–Crippen MR) is 89.9 cm³/mol. The van der Waals surface area contributed by atoms with Crippen LogP contribution in [-0.2, 0) is 11.0 Å². The van der Waals surface area contributed by atoms with Crippen LogP contribution in [0.5, 0.6) is 5.75 Å². The molecule has 28 heavy (non-hydrogen) atoms. The number of benzene rings is 2. The molecule has 0 aromatic heterocycles. The van der Waals surface area contributed by atoms with E-state index < -0.39 is 45.0 Å². The molecule has 2 aromatic rings. The molecule has 0 spiro atoms. The van der Waals surface area contributed by atoms with Crippen molar-refractivity contribution in [2.45, 2.75) is 19.2 Å². The predicted octanol–water partition coefficient (Wildman–Crippen LogP) is 3.93. The van der Waals surface area contributed by atoms with E-state index in [1.807, 2.05) is 5.32 Å². The minimum absolute atomic E-state index is 0.0907. The van der Waals surface area contributed by atoms with Gasteiger partial charge in [-0.2, -0.15) is 13.2 Å². The Labute approximate surface area is 155 Å². The second-order valence-electron chi connectivity index (χ2n) is 5.49. The van der Waals surface area contributed by atoms with Crippen molar-refractivity contribution < 1.29 is 32.5 Å². The van der Waals surface area contributed by atoms with Gasteiger partial charge >= 0.3 is 6.18 Å². The van der Waals surface area contributed by atoms with Crippen LogP contribution in [0.1, 0.15) is 12.5 Å². The highest BCUT2D eigenvalue weighted by molar-refractivity contribution is 5.95. The first-order valence-electron chi connectivity index (χ1n) is 7.56. The molecule has 0 aliphatic heterocycles. The number of nitrogens with zero attached hydrogens (tertiary/aromatic N) is 2. The summed E-state index contributed by atoms with van der Waals surface area (Å²) in [6.45, 7) is 1.26. The maximum absolute atomic E-state index is 13.1. The zero-order chi connectivity index (χ0) is 21.1. The van der Waals surface area contributed by atoms with Crippen LogP contribution in [-0.4, -0.2) is 21.9 Å². The molecule has 0 heterocycles. The molecule has 0 aliphatic carbocycles. The van der Waals surface area contributed by atoms with Crippen molar-refractivity contribution in [3.05, 3.63) is 68.3 Å². The van der Waals surface area contributed by atoms with E-state index >= 15 is 0 Å². The van der Waals surface area contributed by atoms with Gasteiger partial charge in [-0.15, -0.1) is 0 Å². The molecule has 0 saturated heterocycles. The van der Waals surface area contributed by atoms with Crippen LogP contribution in [0.15, 0.2) is 42.5 Å². The van der Waals surface area contributed by atoms with Gasteiger partial charge in [-0.25, -0.2) is 0 Å². The summed E-state index contributed by atoms with van der Waals surface area (Å²) in [7, 11) is 0. The first-order chi connectivity index (χ1) is 13.0. The number of ether oxygens (including phenoxy) is 1. The van der Waals surface area contributed by atoms with Crippen LogP contribution in [0.3, 0.4) is 0 Å². The monoisotopic (exact) mass is 399 g/mol. The molecular weight excluding hydrogens is 387 g/mol. The largest absolute Gasteiger partial charge is 0.481 e. The number of carbonyl (C=O) groups excluding carboxylic acids is 1. The average Bonchev–Trinajstić information content (AvgIpc) is 2.61. The lowest BCUT2D eigenvalue weighted by Crippen LogP contribution is -2.31. The van der Waals surface area contributed by atoms with E-state index in [2.05, 4.69) is 0 Å². The number of amides is 1. The zero-order valence-corrected chi connectivity index (χ0v) is 14.1. The molecule has 0 bridgehead atoms. The van der Waals surface area contributed by atoms with Gasteiger partial charge in [-0.3, -0.25) is 25.0 Å². The molecule has 1 atom stereocenters. The van der Waals surface area contributed by atoms with E-state index in [9.17, 15) is 38.2 Å². The smallest absolute Gasteiger partial charge is 0.418 e. The first kappa shape index (κ1) is 20.6. The van der Waals surface area contributed by atoms with Gasteiger partial charge in [0.1, 0.15) is 5.75 Å². The Balaban J connectivity index is 2.17. The summed E-state index contributed by atoms with van der Waals surface area (Å²) in [5.41, 5.74) is -3.02. The first-order valence-corrected chi connectivity index (χ1v) is 7.56. The van der Waals surface area contributed by atoms with E-state index in [-0.39, 0.29) is 11.4 Å². The lowest BCUT2D eigenvalue weighted by Gasteiger charge is -2.17. The van der Waals surface area contributed by atoms with Gasteiger partial charge in [0.15, 0.2) is 6.10 Å². The summed E-state index contributed by atoms with van der Waals surface area (Å²) in [6, 6.07) is 6.65. The number of hydrogen-bond acceptors (Lipinski definition) is 6. The summed E-state index contributed by atoms with van der Waals surface area (Å²) in [6.07, 6.45) is -6.19. The number of carbonyl (C=O) groups is 1. The average molecular weight is 399 g/mol. The van der Waals surface area contributed by atoms with Gasteiger partial charge in [0, 0.05) is 24.3 Å². The van der Waals surface area contributed by atoms with Crippen molar-refractivity contribution in [1.82, 2.24) is 0 Å². The minimum Gasteiger partial charge on any atom is -0.481 e. The van der Waals surface area contributed by atoms with Crippen molar-refractivity contribution in [2.75, 3.05) is 5.32 Å². The summed E-state index contributed by atoms with van der Waals surface area (Å²) < 4.78 is 44.6. The fourth-order valence-corrected chi connectivity index (χ4v) is 2.13. The Morgan fingerprint density at radius 1 is 1.04 bits per heavy atom. The van der Waals surface area contributed by atoms with Gasteiger partial charge < -0.3 is 10.1 Å². The SMILES string of the molecule is C[C@@H](Oc1ccc([N+](=O)[O-])cc1)C(=O)Nc1ccc([N+](=O)[O-])cc1C(F)(F)F. The molecule has 148 valence electrons. The molecular formula is C16H12F3N3O6. The number of nitro benzene ring substituents is 2. The fraction of sp³-hybridized carbons (Fsp3) is 0.188. The molecule has 1 N–H and O–H groups in total. The molecule has 0 unspecified atom stereocenters. The maximum atomic E-state index is 13.1. The lowest BCUT2D eigenvalue weighted by atomic mass is 10.1. The number of halogens is 3. The number of non-ortho nitro benzene ring substituents is 2. The molecule has 0 saturated carbocycles. The van der Waals surface area contributed by atoms with Crippen molar-refractivity contribution in [3.8, 4) is 5.75 Å². The number of alkyl halides is 3. The Bertz CT molecular complexity index is 915. The highest BCUT2D eigenvalue weighted by Crippen LogP contribution is 2.37. The maximum Gasteiger partial charge on any atom is 0.418 e. The Kier molecular flexibility index (Phi) is 5.81. The molecule has 2 rings (SSSR count). The highest BCUT2D eigenvalue weighted by atomic mass is 19.4. The summed E-state index contributed by atoms with van der Waals surface area (Å²) in [5.74, 6) is -0.856. The van der Waals surface area contributed by atoms with E-state index in [1.165, 1.54) is 19.1 Å². The topological polar surface area (TPSA) is 125 Å². The highest BCUT2D eigenvalue weighted by Gasteiger charge is 2.36. The quantitative estimate of drug-likeness (QED) is 0.580. The van der Waals surface area contributed by atoms with Gasteiger partial charge in [-0.05, 0) is 25.1 Å². The molecule has 0 fully saturated rings. The van der Waals surface area contributed by atoms with Crippen LogP contribution in [0, 0.1) is 20.2 Å². The summed E-state index contributed by atoms with van der Waals surface area (Å²) in [5, 5.41) is 23.3. The minimum atomic E-state index is -4.93. The zero-order valence-electron chi connectivity index (χ0n) is 14.1. The van der Waals surface area contributed by atoms with Crippen molar-refractivity contribution in [3.63, 3.8) is 0 Å². The third-order valence-corrected chi connectivity index (χ3v) is 3.51. The normalized spacial score (nSPS) is 12.1. The molecule has 12 heteroatoms. The van der Waals surface area contributed by atoms with Gasteiger partial charge in [0.2, 0.25) is 0 Å². The van der Waals surface area contributed by atoms with E-state index in [1.54, 1.807) is 0 Å². The van der Waals surface area contributed by atoms with Gasteiger partial charge in [0.05, 0.1) is 21.1 Å². The third-order valence-electron chi connectivity index (χ3n) is 3.51. The fourth-order valence-electron chi connectivity index (χ4n) is 2.13. The van der Waals surface area contributed by atoms with Gasteiger partial charge in [0.25, 0.3) is 17.3 Å². The second-order valence-corrected chi connectivity index (χ2v) is 5.49. The van der Waals surface area contributed by atoms with Crippen LogP contribution >= 0.6 is 0 Å². The van der Waals surface area contributed by atoms with Gasteiger partial charge in [-0.1, -0.05) is 0 Å². The molecule has 9 nitrogen and oxygen atoms in total. The molecule has 0 aliphatic rings. The van der Waals surface area contributed by atoms with E-state index in [0.717, 1.165) is 24.3 Å². The number of hydrogen-bond donors (Lipinski definition) is 1. The summed E-state index contributed by atoms with van der Waals surface area (Å²) >= 11 is 0. The second kappa shape index (κ2) is 7.90. The number of nitrogens with one attached hydrogen (secondary N) is 1. The van der Waals surface area contributed by atoms with Crippen LogP contribution in [0.2, 0.25) is 0 Å². The van der Waals surface area contributed by atoms with Crippen molar-refractivity contribution >= 4 is 23.0 Å². The lowest BCUT2D eigenvalue weighted by molar-refractivity contribution is -0.385. The molecule has 2 aromatic carbocycles. The third kappa shape index (κ3) is 4.93. The van der Waals surface area contributed by atoms with Crippen LogP contribution in [0.25, 0.3) is 0 Å². The van der Waals surface area contributed by atoms with E-state index in [4.69, 9.17) is 4.74 Å². The Morgan fingerprint density at radius 3 is 2.07 bits per heavy atom. The van der Waals surface area contributed by atoms with E-state index in [0.29, 0.717) is 6.07 Å². The Hall–Kier alpha value is -3.70. The number of anilines is 1. The molecule has 1 amide bonds. The van der Waals surface area contributed by atoms with Crippen molar-refractivity contribution in [2.24, 2.45) is 0 Å². The van der Waals surface area contributed by atoms with Crippen molar-refractivity contribution in [1.29, 1.82) is 0 Å². The summed E-state index contributed by atoms with van der Waals surface area (Å²) in [4.78, 5) is 31.8.